The fourth-order valence-corrected chi connectivity index (χ4v) is 3.27. The van der Waals surface area contributed by atoms with Gasteiger partial charge < -0.3 is 0 Å². The minimum atomic E-state index is 0.735. The van der Waals surface area contributed by atoms with Crippen LogP contribution in [0.15, 0.2) is 0 Å². The number of fused-ring (bicyclic) bond motifs is 3. The molecule has 3 aliphatic rings. The van der Waals surface area contributed by atoms with E-state index in [9.17, 15) is 0 Å². The zero-order valence-electron chi connectivity index (χ0n) is 10.7. The molecular formula is C13H26N2. The molecule has 2 nitrogen and oxygen atoms in total. The Morgan fingerprint density at radius 1 is 1.00 bits per heavy atom. The van der Waals surface area contributed by atoms with Gasteiger partial charge in [-0.25, -0.2) is 0 Å². The molecule has 0 saturated carbocycles. The Labute approximate surface area is 94.6 Å². The second-order valence-corrected chi connectivity index (χ2v) is 6.02. The summed E-state index contributed by atoms with van der Waals surface area (Å²) in [7, 11) is 0. The third kappa shape index (κ3) is 2.36. The van der Waals surface area contributed by atoms with Crippen LogP contribution in [-0.2, 0) is 0 Å². The molecular weight excluding hydrogens is 184 g/mol. The van der Waals surface area contributed by atoms with Crippen molar-refractivity contribution in [2.75, 3.05) is 19.6 Å². The molecule has 2 heteroatoms. The van der Waals surface area contributed by atoms with E-state index in [1.54, 1.807) is 0 Å². The number of hydrogen-bond donors (Lipinski definition) is 0. The van der Waals surface area contributed by atoms with Crippen LogP contribution in [0.25, 0.3) is 0 Å². The van der Waals surface area contributed by atoms with Gasteiger partial charge in [0.1, 0.15) is 0 Å². The molecule has 3 aliphatic heterocycles. The molecule has 0 N–H and O–H groups in total. The van der Waals surface area contributed by atoms with Crippen molar-refractivity contribution in [3.05, 3.63) is 0 Å². The van der Waals surface area contributed by atoms with Gasteiger partial charge in [0.25, 0.3) is 0 Å². The summed E-state index contributed by atoms with van der Waals surface area (Å²) in [5.41, 5.74) is 0. The van der Waals surface area contributed by atoms with Gasteiger partial charge in [-0.2, -0.15) is 0 Å². The summed E-state index contributed by atoms with van der Waals surface area (Å²) in [6, 6.07) is 2.42. The number of nitrogens with zero attached hydrogens (tertiary/aromatic N) is 2. The molecule has 3 rings (SSSR count). The lowest BCUT2D eigenvalue weighted by atomic mass is 9.89. The van der Waals surface area contributed by atoms with Crippen LogP contribution in [0.5, 0.6) is 0 Å². The Hall–Kier alpha value is -0.0800. The summed E-state index contributed by atoms with van der Waals surface area (Å²) >= 11 is 0. The summed E-state index contributed by atoms with van der Waals surface area (Å²) in [5.74, 6) is 0.817. The van der Waals surface area contributed by atoms with Gasteiger partial charge in [0.05, 0.1) is 0 Å². The van der Waals surface area contributed by atoms with E-state index in [1.807, 2.05) is 0 Å². The molecule has 15 heavy (non-hydrogen) atoms. The molecule has 0 spiro atoms. The highest BCUT2D eigenvalue weighted by Gasteiger charge is 2.39. The van der Waals surface area contributed by atoms with Crippen molar-refractivity contribution in [1.82, 2.24) is 9.80 Å². The quantitative estimate of drug-likeness (QED) is 0.704. The standard InChI is InChI=1S/C13H26N2/c1-10(2)7-14-8-13-6-5-12(14)9-15(13)11(3)4/h10-13H,5-9H2,1-4H3. The van der Waals surface area contributed by atoms with Crippen molar-refractivity contribution in [3.8, 4) is 0 Å². The highest BCUT2D eigenvalue weighted by molar-refractivity contribution is 4.96. The Balaban J connectivity index is 1.96. The third-order valence-corrected chi connectivity index (χ3v) is 3.95. The molecule has 2 bridgehead atoms. The summed E-state index contributed by atoms with van der Waals surface area (Å²) in [6.07, 6.45) is 2.86. The highest BCUT2D eigenvalue weighted by Crippen LogP contribution is 2.30. The smallest absolute Gasteiger partial charge is 0.0227 e. The molecule has 88 valence electrons. The molecule has 3 fully saturated rings. The summed E-state index contributed by atoms with van der Waals surface area (Å²) in [5, 5.41) is 0. The van der Waals surface area contributed by atoms with Crippen LogP contribution in [0.4, 0.5) is 0 Å². The largest absolute Gasteiger partial charge is 0.297 e. The van der Waals surface area contributed by atoms with Crippen LogP contribution >= 0.6 is 0 Å². The Morgan fingerprint density at radius 3 is 2.13 bits per heavy atom. The summed E-state index contributed by atoms with van der Waals surface area (Å²) in [6.45, 7) is 13.3. The van der Waals surface area contributed by atoms with Crippen LogP contribution in [-0.4, -0.2) is 47.6 Å². The number of piperazine rings is 1. The predicted octanol–water partition coefficient (Wildman–Crippen LogP) is 2.20. The normalized spacial score (nSPS) is 33.2. The first-order valence-electron chi connectivity index (χ1n) is 6.57. The zero-order chi connectivity index (χ0) is 11.0. The lowest BCUT2D eigenvalue weighted by Gasteiger charge is -2.53. The lowest BCUT2D eigenvalue weighted by molar-refractivity contribution is -0.0401. The average Bonchev–Trinajstić information content (AvgIpc) is 2.17. The number of rotatable bonds is 3. The number of hydrogen-bond acceptors (Lipinski definition) is 2. The molecule has 0 aromatic carbocycles. The molecule has 0 aromatic heterocycles. The lowest BCUT2D eigenvalue weighted by Crippen LogP contribution is -2.64. The molecule has 3 heterocycles. The Morgan fingerprint density at radius 2 is 1.67 bits per heavy atom. The van der Waals surface area contributed by atoms with E-state index in [4.69, 9.17) is 0 Å². The van der Waals surface area contributed by atoms with E-state index in [2.05, 4.69) is 37.5 Å². The van der Waals surface area contributed by atoms with E-state index < -0.39 is 0 Å². The fraction of sp³-hybridized carbons (Fsp3) is 1.00. The first-order chi connectivity index (χ1) is 7.08. The molecule has 2 atom stereocenters. The molecule has 0 amide bonds. The van der Waals surface area contributed by atoms with Gasteiger partial charge in [-0.15, -0.1) is 0 Å². The van der Waals surface area contributed by atoms with Gasteiger partial charge in [-0.1, -0.05) is 13.8 Å². The molecule has 0 aromatic rings. The maximum Gasteiger partial charge on any atom is 0.0227 e. The molecule has 3 saturated heterocycles. The third-order valence-electron chi connectivity index (χ3n) is 3.95. The van der Waals surface area contributed by atoms with E-state index in [0.717, 1.165) is 24.0 Å². The second kappa shape index (κ2) is 4.42. The van der Waals surface area contributed by atoms with Gasteiger partial charge in [-0.3, -0.25) is 9.80 Å². The van der Waals surface area contributed by atoms with Crippen LogP contribution < -0.4 is 0 Å². The van der Waals surface area contributed by atoms with Crippen molar-refractivity contribution in [1.29, 1.82) is 0 Å². The van der Waals surface area contributed by atoms with Crippen molar-refractivity contribution < 1.29 is 0 Å². The van der Waals surface area contributed by atoms with E-state index in [0.29, 0.717) is 0 Å². The number of piperidine rings is 2. The van der Waals surface area contributed by atoms with Gasteiger partial charge in [0.2, 0.25) is 0 Å². The first-order valence-corrected chi connectivity index (χ1v) is 6.57. The molecule has 2 unspecified atom stereocenters. The Bertz CT molecular complexity index is 213. The predicted molar refractivity (Wildman–Crippen MR) is 65.1 cm³/mol. The van der Waals surface area contributed by atoms with Crippen LogP contribution in [0.1, 0.15) is 40.5 Å². The minimum absolute atomic E-state index is 0.735. The highest BCUT2D eigenvalue weighted by atomic mass is 15.3. The fourth-order valence-electron chi connectivity index (χ4n) is 3.27. The van der Waals surface area contributed by atoms with Gasteiger partial charge in [-0.05, 0) is 32.6 Å². The van der Waals surface area contributed by atoms with E-state index >= 15 is 0 Å². The summed E-state index contributed by atoms with van der Waals surface area (Å²) in [4.78, 5) is 5.45. The van der Waals surface area contributed by atoms with Crippen LogP contribution in [0, 0.1) is 5.92 Å². The van der Waals surface area contributed by atoms with Gasteiger partial charge >= 0.3 is 0 Å². The maximum atomic E-state index is 2.73. The minimum Gasteiger partial charge on any atom is -0.297 e. The topological polar surface area (TPSA) is 6.48 Å². The maximum absolute atomic E-state index is 2.73. The summed E-state index contributed by atoms with van der Waals surface area (Å²) < 4.78 is 0. The molecule has 0 aliphatic carbocycles. The molecule has 0 radical (unpaired) electrons. The monoisotopic (exact) mass is 210 g/mol. The van der Waals surface area contributed by atoms with Crippen molar-refractivity contribution in [2.24, 2.45) is 5.92 Å². The zero-order valence-corrected chi connectivity index (χ0v) is 10.7. The SMILES string of the molecule is CC(C)CN1CC2CCC1CN2C(C)C. The average molecular weight is 210 g/mol. The van der Waals surface area contributed by atoms with Crippen molar-refractivity contribution in [3.63, 3.8) is 0 Å². The van der Waals surface area contributed by atoms with E-state index in [-0.39, 0.29) is 0 Å². The van der Waals surface area contributed by atoms with Crippen LogP contribution in [0.2, 0.25) is 0 Å². The second-order valence-electron chi connectivity index (χ2n) is 6.02. The first kappa shape index (κ1) is 11.4. The van der Waals surface area contributed by atoms with Gasteiger partial charge in [0, 0.05) is 37.8 Å². The van der Waals surface area contributed by atoms with Gasteiger partial charge in [0.15, 0.2) is 0 Å². The Kier molecular flexibility index (Phi) is 3.36. The van der Waals surface area contributed by atoms with Crippen molar-refractivity contribution >= 4 is 0 Å². The van der Waals surface area contributed by atoms with Crippen LogP contribution in [0.3, 0.4) is 0 Å². The van der Waals surface area contributed by atoms with Crippen molar-refractivity contribution in [2.45, 2.75) is 58.7 Å². The van der Waals surface area contributed by atoms with E-state index in [1.165, 1.54) is 32.5 Å².